The van der Waals surface area contributed by atoms with Crippen molar-refractivity contribution in [3.63, 3.8) is 0 Å². The summed E-state index contributed by atoms with van der Waals surface area (Å²) in [4.78, 5) is 16.5. The fourth-order valence-corrected chi connectivity index (χ4v) is 4.40. The summed E-state index contributed by atoms with van der Waals surface area (Å²) < 4.78 is 21.7. The van der Waals surface area contributed by atoms with Gasteiger partial charge in [-0.2, -0.15) is 0 Å². The first-order chi connectivity index (χ1) is 13.6. The van der Waals surface area contributed by atoms with Gasteiger partial charge in [0.05, 0.1) is 12.4 Å². The molecule has 1 atom stereocenters. The summed E-state index contributed by atoms with van der Waals surface area (Å²) in [6.07, 6.45) is 1.53. The molecule has 1 aromatic carbocycles. The maximum atomic E-state index is 13.8. The van der Waals surface area contributed by atoms with Crippen LogP contribution in [-0.2, 0) is 16.2 Å². The van der Waals surface area contributed by atoms with E-state index in [1.807, 2.05) is 4.90 Å². The van der Waals surface area contributed by atoms with Crippen LogP contribution in [0.5, 0.6) is 0 Å². The molecule has 2 aliphatic heterocycles. The van der Waals surface area contributed by atoms with E-state index in [1.54, 1.807) is 22.9 Å². The summed E-state index contributed by atoms with van der Waals surface area (Å²) in [6, 6.07) is 6.47. The molecule has 2 fully saturated rings. The second-order valence-electron chi connectivity index (χ2n) is 6.86. The minimum atomic E-state index is -0.331. The van der Waals surface area contributed by atoms with Gasteiger partial charge in [0.1, 0.15) is 11.9 Å². The quantitative estimate of drug-likeness (QED) is 0.747. The molecule has 0 aliphatic carbocycles. The number of piperazine rings is 1. The topological polar surface area (TPSA) is 62.6 Å². The third kappa shape index (κ3) is 4.40. The molecule has 4 rings (SSSR count). The number of amides is 1. The van der Waals surface area contributed by atoms with E-state index < -0.39 is 0 Å². The summed E-state index contributed by atoms with van der Waals surface area (Å²) in [6.45, 7) is 4.10. The third-order valence-corrected chi connectivity index (χ3v) is 6.17. The molecule has 2 aromatic rings. The molecule has 7 nitrogen and oxygen atoms in total. The molecule has 0 saturated carbocycles. The van der Waals surface area contributed by atoms with Gasteiger partial charge in [0, 0.05) is 32.8 Å². The van der Waals surface area contributed by atoms with Gasteiger partial charge < -0.3 is 15.0 Å². The van der Waals surface area contributed by atoms with E-state index in [0.717, 1.165) is 25.9 Å². The van der Waals surface area contributed by atoms with Crippen LogP contribution >= 0.6 is 23.6 Å². The third-order valence-electron chi connectivity index (χ3n) is 4.94. The summed E-state index contributed by atoms with van der Waals surface area (Å²) in [5.41, 5.74) is 0.375. The summed E-state index contributed by atoms with van der Waals surface area (Å²) in [5.74, 6) is -0.221. The van der Waals surface area contributed by atoms with Gasteiger partial charge in [0.25, 0.3) is 5.91 Å². The molecular formula is C18H22FN5O2S2. The highest BCUT2D eigenvalue weighted by Gasteiger charge is 2.30. The normalized spacial score (nSPS) is 20.5. The maximum Gasteiger partial charge on any atom is 0.251 e. The molecule has 2 aliphatic rings. The lowest BCUT2D eigenvalue weighted by Crippen LogP contribution is -2.51. The van der Waals surface area contributed by atoms with Crippen LogP contribution < -0.4 is 5.32 Å². The predicted octanol–water partition coefficient (Wildman–Crippen LogP) is 2.84. The van der Waals surface area contributed by atoms with Crippen LogP contribution in [0.25, 0.3) is 0 Å². The Balaban J connectivity index is 1.33. The first-order valence-electron chi connectivity index (χ1n) is 9.32. The lowest BCUT2D eigenvalue weighted by Gasteiger charge is -2.35. The maximum absolute atomic E-state index is 13.8. The number of para-hydroxylation sites is 1. The van der Waals surface area contributed by atoms with E-state index in [4.69, 9.17) is 17.0 Å². The van der Waals surface area contributed by atoms with Gasteiger partial charge in [0.2, 0.25) is 5.13 Å². The Morgan fingerprint density at radius 1 is 1.32 bits per heavy atom. The van der Waals surface area contributed by atoms with Crippen LogP contribution in [0.2, 0.25) is 0 Å². The van der Waals surface area contributed by atoms with Gasteiger partial charge in [-0.1, -0.05) is 23.5 Å². The zero-order chi connectivity index (χ0) is 19.5. The lowest BCUT2D eigenvalue weighted by atomic mass is 10.2. The zero-order valence-electron chi connectivity index (χ0n) is 15.3. The second kappa shape index (κ2) is 8.64. The molecule has 0 spiro atoms. The molecule has 1 unspecified atom stereocenters. The van der Waals surface area contributed by atoms with E-state index in [9.17, 15) is 9.18 Å². The van der Waals surface area contributed by atoms with Gasteiger partial charge in [0.15, 0.2) is 3.95 Å². The molecule has 1 aromatic heterocycles. The van der Waals surface area contributed by atoms with Gasteiger partial charge in [-0.25, -0.2) is 9.07 Å². The van der Waals surface area contributed by atoms with Crippen molar-refractivity contribution in [2.45, 2.75) is 25.6 Å². The molecule has 2 saturated heterocycles. The Morgan fingerprint density at radius 2 is 2.11 bits per heavy atom. The number of halogens is 1. The number of nitrogens with one attached hydrogen (secondary N) is 1. The molecular weight excluding hydrogens is 401 g/mol. The number of carbonyl (C=O) groups excluding carboxylic acids is 1. The van der Waals surface area contributed by atoms with Crippen molar-refractivity contribution in [1.29, 1.82) is 0 Å². The van der Waals surface area contributed by atoms with Crippen molar-refractivity contribution >= 4 is 40.3 Å². The van der Waals surface area contributed by atoms with Crippen LogP contribution in [0, 0.1) is 9.77 Å². The van der Waals surface area contributed by atoms with Crippen molar-refractivity contribution in [2.24, 2.45) is 0 Å². The molecule has 0 bridgehead atoms. The van der Waals surface area contributed by atoms with Crippen LogP contribution in [0.3, 0.4) is 0 Å². The Kier molecular flexibility index (Phi) is 6.00. The number of anilines is 2. The highest BCUT2D eigenvalue weighted by Crippen LogP contribution is 2.23. The first kappa shape index (κ1) is 19.4. The molecule has 28 heavy (non-hydrogen) atoms. The summed E-state index contributed by atoms with van der Waals surface area (Å²) >= 11 is 6.72. The molecule has 3 heterocycles. The van der Waals surface area contributed by atoms with Gasteiger partial charge in [-0.05, 0) is 37.2 Å². The van der Waals surface area contributed by atoms with Gasteiger partial charge >= 0.3 is 0 Å². The van der Waals surface area contributed by atoms with Crippen molar-refractivity contribution in [2.75, 3.05) is 38.1 Å². The fraction of sp³-hybridized carbons (Fsp3) is 0.500. The second-order valence-corrected chi connectivity index (χ2v) is 8.49. The van der Waals surface area contributed by atoms with E-state index in [2.05, 4.69) is 15.3 Å². The number of aromatic nitrogens is 2. The number of carbonyl (C=O) groups is 1. The first-order valence-corrected chi connectivity index (χ1v) is 10.5. The molecule has 1 amide bonds. The molecule has 10 heteroatoms. The largest absolute Gasteiger partial charge is 0.368 e. The average molecular weight is 424 g/mol. The monoisotopic (exact) mass is 423 g/mol. The number of benzene rings is 1. The van der Waals surface area contributed by atoms with Crippen molar-refractivity contribution < 1.29 is 13.9 Å². The molecule has 150 valence electrons. The van der Waals surface area contributed by atoms with Crippen LogP contribution in [0.4, 0.5) is 15.2 Å². The molecule has 0 radical (unpaired) electrons. The Labute approximate surface area is 171 Å². The number of rotatable bonds is 5. The number of nitrogens with zero attached hydrogens (tertiary/aromatic N) is 4. The highest BCUT2D eigenvalue weighted by atomic mass is 32.1. The van der Waals surface area contributed by atoms with E-state index in [1.165, 1.54) is 17.4 Å². The smallest absolute Gasteiger partial charge is 0.251 e. The SMILES string of the molecule is O=C(C1CCCO1)N1CCN(Cn2nc(Nc3ccccc3F)sc2=S)CC1. The summed E-state index contributed by atoms with van der Waals surface area (Å²) in [5, 5.41) is 8.01. The average Bonchev–Trinajstić information content (AvgIpc) is 3.34. The van der Waals surface area contributed by atoms with Crippen LogP contribution in [0.1, 0.15) is 12.8 Å². The van der Waals surface area contributed by atoms with Gasteiger partial charge in [-0.3, -0.25) is 9.69 Å². The fourth-order valence-electron chi connectivity index (χ4n) is 3.40. The van der Waals surface area contributed by atoms with Crippen LogP contribution in [0.15, 0.2) is 24.3 Å². The Bertz CT molecular complexity index is 888. The van der Waals surface area contributed by atoms with E-state index in [0.29, 0.717) is 41.1 Å². The highest BCUT2D eigenvalue weighted by molar-refractivity contribution is 7.73. The van der Waals surface area contributed by atoms with Crippen molar-refractivity contribution in [3.8, 4) is 0 Å². The number of hydrogen-bond donors (Lipinski definition) is 1. The number of hydrogen-bond acceptors (Lipinski definition) is 7. The minimum Gasteiger partial charge on any atom is -0.368 e. The predicted molar refractivity (Wildman–Crippen MR) is 108 cm³/mol. The summed E-state index contributed by atoms with van der Waals surface area (Å²) in [7, 11) is 0. The Hall–Kier alpha value is -1.88. The van der Waals surface area contributed by atoms with E-state index >= 15 is 0 Å². The zero-order valence-corrected chi connectivity index (χ0v) is 17.0. The number of ether oxygens (including phenoxy) is 1. The van der Waals surface area contributed by atoms with Gasteiger partial charge in [-0.15, -0.1) is 5.10 Å². The Morgan fingerprint density at radius 3 is 2.82 bits per heavy atom. The minimum absolute atomic E-state index is 0.110. The standard InChI is InChI=1S/C18H22FN5O2S2/c19-13-4-1-2-5-14(13)20-17-21-24(18(27)28-17)12-22-7-9-23(10-8-22)16(25)15-6-3-11-26-15/h1-2,4-5,15H,3,6-12H2,(H,20,21). The van der Waals surface area contributed by atoms with Crippen molar-refractivity contribution in [3.05, 3.63) is 34.0 Å². The van der Waals surface area contributed by atoms with Crippen molar-refractivity contribution in [1.82, 2.24) is 19.6 Å². The van der Waals surface area contributed by atoms with E-state index in [-0.39, 0.29) is 17.8 Å². The van der Waals surface area contributed by atoms with Crippen LogP contribution in [-0.4, -0.2) is 64.4 Å². The molecule has 1 N–H and O–H groups in total. The lowest BCUT2D eigenvalue weighted by molar-refractivity contribution is -0.142.